The van der Waals surface area contributed by atoms with Gasteiger partial charge in [-0.15, -0.1) is 0 Å². The predicted octanol–water partition coefficient (Wildman–Crippen LogP) is 2.91. The third-order valence-corrected chi connectivity index (χ3v) is 4.28. The lowest BCUT2D eigenvalue weighted by molar-refractivity contribution is 0.182. The van der Waals surface area contributed by atoms with Crippen LogP contribution < -0.4 is 11.1 Å². The summed E-state index contributed by atoms with van der Waals surface area (Å²) in [6.45, 7) is 9.21. The number of nitrogens with zero attached hydrogens (tertiary/aromatic N) is 3. The molecule has 0 radical (unpaired) electrons. The van der Waals surface area contributed by atoms with E-state index < -0.39 is 0 Å². The third kappa shape index (κ3) is 7.34. The van der Waals surface area contributed by atoms with E-state index in [0.717, 1.165) is 36.5 Å². The van der Waals surface area contributed by atoms with Crippen molar-refractivity contribution in [3.05, 3.63) is 17.0 Å². The number of unbranched alkanes of at least 4 members (excludes halogenated alkanes) is 5. The molecule has 1 heterocycles. The second kappa shape index (κ2) is 11.9. The van der Waals surface area contributed by atoms with Crippen LogP contribution in [0.5, 0.6) is 0 Å². The van der Waals surface area contributed by atoms with Gasteiger partial charge in [0.1, 0.15) is 0 Å². The average molecular weight is 338 g/mol. The fourth-order valence-electron chi connectivity index (χ4n) is 2.70. The smallest absolute Gasteiger partial charge is 0.188 e. The molecule has 0 aliphatic heterocycles. The Balaban J connectivity index is 2.35. The third-order valence-electron chi connectivity index (χ3n) is 4.28. The van der Waals surface area contributed by atoms with Crippen LogP contribution in [-0.4, -0.2) is 36.0 Å². The SMILES string of the molecule is CCCCCCCCNC(N)=NCc1c(C)nn(CCOC)c1C. The van der Waals surface area contributed by atoms with Crippen LogP contribution in [0.15, 0.2) is 4.99 Å². The number of nitrogens with two attached hydrogens (primary N) is 1. The molecule has 0 unspecified atom stereocenters. The number of nitrogens with one attached hydrogen (secondary N) is 1. The summed E-state index contributed by atoms with van der Waals surface area (Å²) in [5.41, 5.74) is 9.26. The molecule has 0 atom stereocenters. The molecule has 24 heavy (non-hydrogen) atoms. The van der Waals surface area contributed by atoms with Gasteiger partial charge in [0.2, 0.25) is 0 Å². The van der Waals surface area contributed by atoms with Crippen LogP contribution in [0, 0.1) is 13.8 Å². The number of ether oxygens (including phenoxy) is 1. The lowest BCUT2D eigenvalue weighted by atomic mass is 10.1. The van der Waals surface area contributed by atoms with Gasteiger partial charge in [-0.3, -0.25) is 4.68 Å². The zero-order valence-corrected chi connectivity index (χ0v) is 15.9. The Hall–Kier alpha value is -1.56. The summed E-state index contributed by atoms with van der Waals surface area (Å²) in [5.74, 6) is 0.520. The molecule has 1 aromatic rings. The summed E-state index contributed by atoms with van der Waals surface area (Å²) < 4.78 is 7.09. The molecule has 0 amide bonds. The molecule has 138 valence electrons. The lowest BCUT2D eigenvalue weighted by Crippen LogP contribution is -2.32. The number of methoxy groups -OCH3 is 1. The van der Waals surface area contributed by atoms with Crippen LogP contribution in [0.4, 0.5) is 0 Å². The van der Waals surface area contributed by atoms with Crippen LogP contribution in [0.25, 0.3) is 0 Å². The van der Waals surface area contributed by atoms with Crippen LogP contribution in [0.2, 0.25) is 0 Å². The maximum Gasteiger partial charge on any atom is 0.188 e. The number of hydrogen-bond acceptors (Lipinski definition) is 3. The highest BCUT2D eigenvalue weighted by atomic mass is 16.5. The Morgan fingerprint density at radius 3 is 2.62 bits per heavy atom. The van der Waals surface area contributed by atoms with E-state index in [4.69, 9.17) is 10.5 Å². The van der Waals surface area contributed by atoms with E-state index in [1.807, 2.05) is 11.6 Å². The second-order valence-corrected chi connectivity index (χ2v) is 6.26. The van der Waals surface area contributed by atoms with Crippen molar-refractivity contribution in [2.24, 2.45) is 10.7 Å². The van der Waals surface area contributed by atoms with Crippen molar-refractivity contribution in [1.29, 1.82) is 0 Å². The van der Waals surface area contributed by atoms with Gasteiger partial charge in [0.15, 0.2) is 5.96 Å². The topological polar surface area (TPSA) is 77.5 Å². The van der Waals surface area contributed by atoms with Gasteiger partial charge in [-0.25, -0.2) is 4.99 Å². The van der Waals surface area contributed by atoms with Crippen LogP contribution in [0.1, 0.15) is 62.4 Å². The Morgan fingerprint density at radius 2 is 1.92 bits per heavy atom. The predicted molar refractivity (Wildman–Crippen MR) is 100 cm³/mol. The van der Waals surface area contributed by atoms with E-state index in [-0.39, 0.29) is 0 Å². The quantitative estimate of drug-likeness (QED) is 0.349. The van der Waals surface area contributed by atoms with Crippen molar-refractivity contribution in [3.8, 4) is 0 Å². The van der Waals surface area contributed by atoms with E-state index in [9.17, 15) is 0 Å². The van der Waals surface area contributed by atoms with Crippen molar-refractivity contribution >= 4 is 5.96 Å². The van der Waals surface area contributed by atoms with Crippen molar-refractivity contribution in [2.45, 2.75) is 72.4 Å². The molecule has 0 bridgehead atoms. The maximum absolute atomic E-state index is 5.96. The summed E-state index contributed by atoms with van der Waals surface area (Å²) in [4.78, 5) is 4.46. The van der Waals surface area contributed by atoms with Gasteiger partial charge in [0, 0.05) is 24.9 Å². The number of aliphatic imine (C=N–C) groups is 1. The first-order valence-corrected chi connectivity index (χ1v) is 9.15. The zero-order chi connectivity index (χ0) is 17.8. The minimum atomic E-state index is 0.520. The normalized spacial score (nSPS) is 11.9. The Morgan fingerprint density at radius 1 is 1.21 bits per heavy atom. The summed E-state index contributed by atoms with van der Waals surface area (Å²) in [5, 5.41) is 7.75. The van der Waals surface area contributed by atoms with Gasteiger partial charge in [-0.05, 0) is 20.3 Å². The highest BCUT2D eigenvalue weighted by molar-refractivity contribution is 5.77. The van der Waals surface area contributed by atoms with E-state index in [1.54, 1.807) is 7.11 Å². The lowest BCUT2D eigenvalue weighted by Gasteiger charge is -2.06. The molecule has 0 aliphatic rings. The second-order valence-electron chi connectivity index (χ2n) is 6.26. The number of guanidine groups is 1. The molecule has 0 aliphatic carbocycles. The molecule has 0 spiro atoms. The van der Waals surface area contributed by atoms with Gasteiger partial charge < -0.3 is 15.8 Å². The zero-order valence-electron chi connectivity index (χ0n) is 15.9. The number of aromatic nitrogens is 2. The van der Waals surface area contributed by atoms with Gasteiger partial charge in [-0.1, -0.05) is 39.0 Å². The van der Waals surface area contributed by atoms with E-state index in [1.165, 1.54) is 32.1 Å². The van der Waals surface area contributed by atoms with Crippen molar-refractivity contribution in [1.82, 2.24) is 15.1 Å². The van der Waals surface area contributed by atoms with E-state index in [0.29, 0.717) is 19.1 Å². The molecular weight excluding hydrogens is 302 g/mol. The number of rotatable bonds is 12. The first kappa shape index (κ1) is 20.5. The standard InChI is InChI=1S/C18H35N5O/c1-5-6-7-8-9-10-11-20-18(19)21-14-17-15(2)22-23(16(17)3)12-13-24-4/h5-14H2,1-4H3,(H3,19,20,21). The molecule has 3 N–H and O–H groups in total. The van der Waals surface area contributed by atoms with Crippen molar-refractivity contribution < 1.29 is 4.74 Å². The monoisotopic (exact) mass is 337 g/mol. The molecule has 6 nitrogen and oxygen atoms in total. The van der Waals surface area contributed by atoms with Crippen LogP contribution in [0.3, 0.4) is 0 Å². The molecule has 0 fully saturated rings. The van der Waals surface area contributed by atoms with Gasteiger partial charge >= 0.3 is 0 Å². The summed E-state index contributed by atoms with van der Waals surface area (Å²) in [7, 11) is 1.70. The van der Waals surface area contributed by atoms with Crippen molar-refractivity contribution in [2.75, 3.05) is 20.3 Å². The minimum Gasteiger partial charge on any atom is -0.383 e. The van der Waals surface area contributed by atoms with Crippen LogP contribution >= 0.6 is 0 Å². The molecular formula is C18H35N5O. The number of aryl methyl sites for hydroxylation is 1. The first-order valence-electron chi connectivity index (χ1n) is 9.15. The highest BCUT2D eigenvalue weighted by Crippen LogP contribution is 2.14. The Bertz CT molecular complexity index is 496. The fraction of sp³-hybridized carbons (Fsp3) is 0.778. The Kier molecular flexibility index (Phi) is 10.2. The molecule has 0 saturated heterocycles. The largest absolute Gasteiger partial charge is 0.383 e. The summed E-state index contributed by atoms with van der Waals surface area (Å²) in [6.07, 6.45) is 7.68. The molecule has 0 aromatic carbocycles. The van der Waals surface area contributed by atoms with E-state index >= 15 is 0 Å². The van der Waals surface area contributed by atoms with Gasteiger partial charge in [-0.2, -0.15) is 5.10 Å². The molecule has 1 aromatic heterocycles. The molecule has 6 heteroatoms. The fourth-order valence-corrected chi connectivity index (χ4v) is 2.70. The average Bonchev–Trinajstić information content (AvgIpc) is 2.84. The van der Waals surface area contributed by atoms with E-state index in [2.05, 4.69) is 29.3 Å². The van der Waals surface area contributed by atoms with Crippen LogP contribution in [-0.2, 0) is 17.8 Å². The van der Waals surface area contributed by atoms with Gasteiger partial charge in [0.25, 0.3) is 0 Å². The van der Waals surface area contributed by atoms with Gasteiger partial charge in [0.05, 0.1) is 25.4 Å². The highest BCUT2D eigenvalue weighted by Gasteiger charge is 2.10. The number of hydrogen-bond donors (Lipinski definition) is 2. The summed E-state index contributed by atoms with van der Waals surface area (Å²) >= 11 is 0. The maximum atomic E-state index is 5.96. The first-order chi connectivity index (χ1) is 11.6. The molecule has 0 saturated carbocycles. The Labute approximate surface area is 146 Å². The molecule has 1 rings (SSSR count). The van der Waals surface area contributed by atoms with Crippen molar-refractivity contribution in [3.63, 3.8) is 0 Å². The minimum absolute atomic E-state index is 0.520. The summed E-state index contributed by atoms with van der Waals surface area (Å²) in [6, 6.07) is 0.